The number of carbonyl (C=O) groups is 8. The van der Waals surface area contributed by atoms with Crippen LogP contribution in [0.25, 0.3) is 86.2 Å². The molecule has 0 unspecified atom stereocenters. The molecule has 4 aliphatic heterocycles. The van der Waals surface area contributed by atoms with Gasteiger partial charge in [0.2, 0.25) is 0 Å². The highest BCUT2D eigenvalue weighted by atomic mass is 28.4. The summed E-state index contributed by atoms with van der Waals surface area (Å²) >= 11 is 0. The minimum atomic E-state index is -2.85. The zero-order valence-electron chi connectivity index (χ0n) is 86.2. The SMILES string of the molecule is CC.CC.CC.CC.CC.CC.CCC[Si](OC)(OC)OC.CCC[Si](OC)(OC)OC.CC[Si](OC)(OC)OC.CC[Si](OC)(OC)OC.CO[Si](CCCN)(OC)OC.CO[Si](CCCN1C(=O)c2ccc3c4ccc5c6c(ccc(c7ccc(c2c37)C1=O)c64)C(=O)OC5=O)(OC)OC.O=C1OC(=O)c2ccc3c4ccc5c6c(ccc(c7ccc1c2c73)c64)C(=O)OC5=O.O=[Si]=O.O=[Si]=O. The molecule has 760 valence electrons. The Morgan fingerprint density at radius 1 is 0.248 bits per heavy atom. The van der Waals surface area contributed by atoms with Crippen molar-refractivity contribution in [1.82, 2.24) is 4.90 Å². The minimum Gasteiger partial charge on any atom is -0.386 e. The van der Waals surface area contributed by atoms with Gasteiger partial charge >= 0.3 is 107 Å². The van der Waals surface area contributed by atoms with Crippen LogP contribution in [-0.4, -0.2) is 265 Å². The summed E-state index contributed by atoms with van der Waals surface area (Å²) < 4.78 is 142. The highest BCUT2D eigenvalue weighted by Gasteiger charge is 2.43. The predicted molar refractivity (Wildman–Crippen MR) is 542 cm³/mol. The van der Waals surface area contributed by atoms with E-state index in [1.807, 2.05) is 145 Å². The van der Waals surface area contributed by atoms with E-state index in [2.05, 4.69) is 13.8 Å². The number of nitrogens with two attached hydrogens (primary N) is 1. The molecule has 35 nitrogen and oxygen atoms in total. The lowest BCUT2D eigenvalue weighted by Gasteiger charge is -2.30. The van der Waals surface area contributed by atoms with Crippen LogP contribution in [-0.2, 0) is 112 Å². The number of hydrogen-bond acceptors (Lipinski definition) is 34. The molecule has 0 bridgehead atoms. The van der Waals surface area contributed by atoms with Gasteiger partial charge in [-0.15, -0.1) is 0 Å². The normalized spacial score (nSPS) is 12.5. The number of ether oxygens (including phenoxy) is 3. The molecule has 10 aromatic carbocycles. The molecule has 137 heavy (non-hydrogen) atoms. The van der Waals surface area contributed by atoms with Crippen LogP contribution in [0.1, 0.15) is 219 Å². The van der Waals surface area contributed by atoms with E-state index in [0.717, 1.165) is 114 Å². The number of imide groups is 1. The Kier molecular flexibility index (Phi) is 60.8. The number of carbonyl (C=O) groups excluding carboxylic acids is 8. The van der Waals surface area contributed by atoms with Crippen molar-refractivity contribution in [1.29, 1.82) is 0 Å². The molecule has 4 heterocycles. The molecular weight excluding hydrogens is 1910 g/mol. The van der Waals surface area contributed by atoms with Crippen molar-refractivity contribution in [3.8, 4) is 0 Å². The Morgan fingerprint density at radius 3 is 0.555 bits per heavy atom. The van der Waals surface area contributed by atoms with Crippen LogP contribution in [0.4, 0.5) is 0 Å². The lowest BCUT2D eigenvalue weighted by molar-refractivity contribution is 0.0373. The van der Waals surface area contributed by atoms with E-state index < -0.39 is 107 Å². The highest BCUT2D eigenvalue weighted by Crippen LogP contribution is 2.49. The maximum Gasteiger partial charge on any atom is 0.549 e. The first-order valence-electron chi connectivity index (χ1n) is 45.1. The molecule has 10 aromatic rings. The summed E-state index contributed by atoms with van der Waals surface area (Å²) in [5, 5.41) is 12.1. The molecule has 43 heteroatoms. The van der Waals surface area contributed by atoms with Crippen LogP contribution >= 0.6 is 0 Å². The van der Waals surface area contributed by atoms with Gasteiger partial charge in [0.1, 0.15) is 0 Å². The summed E-state index contributed by atoms with van der Waals surface area (Å²) in [7, 11) is 12.1. The van der Waals surface area contributed by atoms with Crippen molar-refractivity contribution in [2.24, 2.45) is 5.73 Å². The minimum absolute atomic E-state index is 0.199. The molecule has 0 aliphatic carbocycles. The van der Waals surface area contributed by atoms with Gasteiger partial charge in [-0.25, -0.2) is 28.8 Å². The number of cyclic esters (lactones) is 6. The standard InChI is InChI=1S/C30H23NO8Si.C24H8O6.C6H17NO3Si.2C6H16O3Si.2C5H14O3Si.6C2H6.2O2Si/c1-36-40(37-2,38-3)14-4-13-31-27(32)19-9-5-15-17-7-11-21-26-22(30(35)39-29(21)34)12-8-18(24(17)26)16-6-10-20(28(31)33)25(19)23(15)16;25-21-13-5-1-9-10-2-6-15-20-16(24(28)30-23(15)27)8-4-12(18(10)20)11-3-7-14(22(26)29-21)19(13)17(9)11;1-8-11(9-2,10-3)6-4-5-7;2*1-5-6-10(7-2,8-3)9-4;2*1-5-9(6-2,7-3)8-4;6*1-2;2*1-3-2/h5-12H,4,13-14H2,1-3H3;1-8H;4-7H2,1-3H3;2*5-6H2,1-4H3;2*5H2,1-4H3;6*1-2H3;;. The monoisotopic (exact) mass is 2050 g/mol. The quantitative estimate of drug-likeness (QED) is 0.00802. The van der Waals surface area contributed by atoms with Gasteiger partial charge in [-0.05, 0) is 133 Å². The molecule has 0 spiro atoms. The van der Waals surface area contributed by atoms with Gasteiger partial charge in [0.15, 0.2) is 0 Å². The molecule has 0 radical (unpaired) electrons. The van der Waals surface area contributed by atoms with Crippen molar-refractivity contribution < 1.29 is 150 Å². The van der Waals surface area contributed by atoms with Crippen LogP contribution in [0, 0.1) is 0 Å². The van der Waals surface area contributed by atoms with E-state index in [4.69, 9.17) is 117 Å². The van der Waals surface area contributed by atoms with Gasteiger partial charge in [0, 0.05) is 203 Å². The average molecular weight is 2050 g/mol. The fraction of sp³-hybridized carbons (Fsp3) is 0.489. The fourth-order valence-electron chi connectivity index (χ4n) is 15.3. The van der Waals surface area contributed by atoms with E-state index in [9.17, 15) is 38.4 Å². The first-order chi connectivity index (χ1) is 65.9. The smallest absolute Gasteiger partial charge is 0.386 e. The molecule has 2 N–H and O–H groups in total. The maximum absolute atomic E-state index is 13.7. The summed E-state index contributed by atoms with van der Waals surface area (Å²) in [6, 6.07) is 32.8. The van der Waals surface area contributed by atoms with Crippen LogP contribution in [0.3, 0.4) is 0 Å². The molecule has 4 aliphatic rings. The Morgan fingerprint density at radius 2 is 0.409 bits per heavy atom. The summed E-state index contributed by atoms with van der Waals surface area (Å²) in [5.41, 5.74) is 8.33. The number of esters is 6. The number of benzene rings is 10. The maximum atomic E-state index is 13.7. The fourth-order valence-corrected chi connectivity index (χ4v) is 24.9. The predicted octanol–water partition coefficient (Wildman–Crippen LogP) is 18.7. The molecular formula is C94H144N2O33Si8. The van der Waals surface area contributed by atoms with Gasteiger partial charge < -0.3 is 99.6 Å². The molecule has 0 aromatic heterocycles. The zero-order chi connectivity index (χ0) is 105. The Bertz CT molecular complexity index is 5050. The van der Waals surface area contributed by atoms with Crippen LogP contribution in [0.15, 0.2) is 97.1 Å². The second-order valence-corrected chi connectivity index (χ2v) is 46.5. The van der Waals surface area contributed by atoms with Crippen molar-refractivity contribution in [2.75, 3.05) is 141 Å². The Hall–Kier alpha value is -8.46. The summed E-state index contributed by atoms with van der Waals surface area (Å²) in [4.78, 5) is 103. The zero-order valence-corrected chi connectivity index (χ0v) is 94.2. The van der Waals surface area contributed by atoms with Gasteiger partial charge in [0.25, 0.3) is 11.8 Å². The van der Waals surface area contributed by atoms with Gasteiger partial charge in [-0.2, -0.15) is 0 Å². The van der Waals surface area contributed by atoms with E-state index in [-0.39, 0.29) is 18.4 Å². The van der Waals surface area contributed by atoms with Crippen LogP contribution < -0.4 is 5.73 Å². The first-order valence-corrected chi connectivity index (χ1v) is 58.3. The van der Waals surface area contributed by atoms with Crippen molar-refractivity contribution >= 4 is 205 Å². The molecule has 0 atom stereocenters. The van der Waals surface area contributed by atoms with Crippen molar-refractivity contribution in [3.05, 3.63) is 142 Å². The molecule has 2 amide bonds. The summed E-state index contributed by atoms with van der Waals surface area (Å²) in [6.45, 7) is 33.0. The van der Waals surface area contributed by atoms with Crippen molar-refractivity contribution in [3.63, 3.8) is 0 Å². The van der Waals surface area contributed by atoms with Gasteiger partial charge in [-0.1, -0.05) is 172 Å². The largest absolute Gasteiger partial charge is 0.549 e. The summed E-state index contributed by atoms with van der Waals surface area (Å²) in [5.74, 6) is -4.72. The third-order valence-corrected chi connectivity index (χ3v) is 38.8. The van der Waals surface area contributed by atoms with Gasteiger partial charge in [0.05, 0.1) is 33.4 Å². The molecule has 0 fully saturated rings. The van der Waals surface area contributed by atoms with Crippen LogP contribution in [0.2, 0.25) is 36.3 Å². The van der Waals surface area contributed by atoms with E-state index in [1.165, 1.54) is 26.2 Å². The van der Waals surface area contributed by atoms with E-state index >= 15 is 0 Å². The van der Waals surface area contributed by atoms with E-state index in [0.29, 0.717) is 85.1 Å². The van der Waals surface area contributed by atoms with E-state index in [1.54, 1.807) is 155 Å². The summed E-state index contributed by atoms with van der Waals surface area (Å²) in [6.07, 6.45) is 3.40. The third kappa shape index (κ3) is 29.8. The van der Waals surface area contributed by atoms with Crippen molar-refractivity contribution in [2.45, 2.75) is 173 Å². The number of nitrogens with zero attached hydrogens (tertiary/aromatic N) is 1. The first kappa shape index (κ1) is 129. The van der Waals surface area contributed by atoms with Gasteiger partial charge in [-0.3, -0.25) is 32.3 Å². The molecule has 0 saturated carbocycles. The second kappa shape index (κ2) is 64.8. The molecule has 14 rings (SSSR count). The number of rotatable bonds is 31. The highest BCUT2D eigenvalue weighted by molar-refractivity contribution is 6.62. The lowest BCUT2D eigenvalue weighted by atomic mass is 9.83. The topological polar surface area (TPSA) is 428 Å². The third-order valence-electron chi connectivity index (χ3n) is 21.8. The number of hydrogen-bond donors (Lipinski definition) is 1. The average Bonchev–Trinajstić information content (AvgIpc) is 0.741. The Labute approximate surface area is 816 Å². The lowest BCUT2D eigenvalue weighted by Crippen LogP contribution is -2.45. The number of fused-ring (bicyclic) bond motifs is 4. The second-order valence-electron chi connectivity index (χ2n) is 27.2. The number of amides is 2. The van der Waals surface area contributed by atoms with Crippen LogP contribution in [0.5, 0.6) is 0 Å². The molecule has 0 saturated heterocycles. The Balaban J connectivity index is 0.00000167.